The smallest absolute Gasteiger partial charge is 0.306 e. The third-order valence-electron chi connectivity index (χ3n) is 3.12. The summed E-state index contributed by atoms with van der Waals surface area (Å²) < 4.78 is 37.3. The lowest BCUT2D eigenvalue weighted by molar-refractivity contribution is -0.361. The van der Waals surface area contributed by atoms with Crippen LogP contribution in [0.1, 0.15) is 25.2 Å². The monoisotopic (exact) mass is 339 g/mol. The van der Waals surface area contributed by atoms with E-state index < -0.39 is 13.4 Å². The summed E-state index contributed by atoms with van der Waals surface area (Å²) in [6, 6.07) is 11.3. The van der Waals surface area contributed by atoms with Crippen molar-refractivity contribution in [2.75, 3.05) is 18.5 Å². The lowest BCUT2D eigenvalue weighted by Gasteiger charge is -2.24. The Labute approximate surface area is 135 Å². The van der Waals surface area contributed by atoms with Crippen LogP contribution in [0, 0.1) is 5.82 Å². The van der Waals surface area contributed by atoms with Crippen molar-refractivity contribution in [3.8, 4) is 0 Å². The summed E-state index contributed by atoms with van der Waals surface area (Å²) in [6.07, 6.45) is 1.75. The topological polar surface area (TPSA) is 61.7 Å². The molecule has 0 aliphatic carbocycles. The fraction of sp³-hybridized carbons (Fsp3) is 0.312. The van der Waals surface area contributed by atoms with Gasteiger partial charge >= 0.3 is 7.60 Å². The van der Waals surface area contributed by atoms with Crippen LogP contribution in [0.15, 0.2) is 48.7 Å². The molecule has 7 heteroatoms. The summed E-state index contributed by atoms with van der Waals surface area (Å²) in [4.78, 5) is 3.02. The van der Waals surface area contributed by atoms with E-state index in [9.17, 15) is 8.96 Å². The van der Waals surface area contributed by atoms with Crippen molar-refractivity contribution in [3.63, 3.8) is 0 Å². The van der Waals surface area contributed by atoms with Crippen LogP contribution in [0.5, 0.6) is 0 Å². The molecule has 2 N–H and O–H groups in total. The Hall–Kier alpha value is -1.75. The lowest BCUT2D eigenvalue weighted by atomic mass is 10.2. The Morgan fingerprint density at radius 3 is 2.30 bits per heavy atom. The van der Waals surface area contributed by atoms with Crippen LogP contribution in [0.25, 0.3) is 0 Å². The first-order valence-electron chi connectivity index (χ1n) is 7.46. The summed E-state index contributed by atoms with van der Waals surface area (Å²) in [5.74, 6) is -0.454. The maximum absolute atomic E-state index is 13.2. The molecule has 0 fully saturated rings. The molecule has 0 aliphatic heterocycles. The van der Waals surface area contributed by atoms with Gasteiger partial charge in [0.1, 0.15) is 5.82 Å². The predicted octanol–water partition coefficient (Wildman–Crippen LogP) is 4.02. The van der Waals surface area contributed by atoms with E-state index in [2.05, 4.69) is 10.3 Å². The van der Waals surface area contributed by atoms with Crippen LogP contribution in [-0.4, -0.2) is 13.2 Å². The van der Waals surface area contributed by atoms with Gasteiger partial charge in [-0.05, 0) is 32.0 Å². The summed E-state index contributed by atoms with van der Waals surface area (Å²) in [6.45, 7) is 3.99. The molecule has 0 radical (unpaired) electrons. The zero-order chi connectivity index (χ0) is 16.7. The molecule has 2 aromatic rings. The van der Waals surface area contributed by atoms with Crippen molar-refractivity contribution in [1.29, 1.82) is 0 Å². The van der Waals surface area contributed by atoms with Gasteiger partial charge in [-0.2, -0.15) is 0 Å². The third kappa shape index (κ3) is 4.61. The van der Waals surface area contributed by atoms with Crippen LogP contribution < -0.4 is 10.3 Å². The van der Waals surface area contributed by atoms with E-state index in [-0.39, 0.29) is 19.0 Å². The van der Waals surface area contributed by atoms with E-state index in [0.717, 1.165) is 0 Å². The molecule has 1 aromatic carbocycles. The van der Waals surface area contributed by atoms with E-state index >= 15 is 0 Å². The Morgan fingerprint density at radius 2 is 1.78 bits per heavy atom. The quantitative estimate of drug-likeness (QED) is 0.738. The second-order valence-electron chi connectivity index (χ2n) is 4.75. The highest BCUT2D eigenvalue weighted by atomic mass is 31.2. The molecule has 0 amide bonds. The minimum absolute atomic E-state index is 0.245. The molecule has 1 atom stereocenters. The van der Waals surface area contributed by atoms with E-state index in [1.807, 2.05) is 12.1 Å². The van der Waals surface area contributed by atoms with E-state index in [1.54, 1.807) is 38.2 Å². The van der Waals surface area contributed by atoms with Gasteiger partial charge in [0.25, 0.3) is 5.82 Å². The number of benzene rings is 1. The van der Waals surface area contributed by atoms with Crippen molar-refractivity contribution >= 4 is 13.4 Å². The Balaban J connectivity index is 2.40. The average molecular weight is 339 g/mol. The molecule has 1 heterocycles. The number of aromatic nitrogens is 1. The van der Waals surface area contributed by atoms with E-state index in [0.29, 0.717) is 11.4 Å². The highest BCUT2D eigenvalue weighted by Crippen LogP contribution is 2.60. The summed E-state index contributed by atoms with van der Waals surface area (Å²) in [7, 11) is -3.49. The number of anilines is 1. The van der Waals surface area contributed by atoms with Crippen molar-refractivity contribution in [1.82, 2.24) is 0 Å². The highest BCUT2D eigenvalue weighted by Gasteiger charge is 2.40. The van der Waals surface area contributed by atoms with Gasteiger partial charge in [-0.25, -0.2) is 9.37 Å². The Morgan fingerprint density at radius 1 is 1.13 bits per heavy atom. The van der Waals surface area contributed by atoms with Crippen LogP contribution in [0.3, 0.4) is 0 Å². The number of nitrogens with one attached hydrogen (secondary N) is 2. The molecule has 23 heavy (non-hydrogen) atoms. The maximum Gasteiger partial charge on any atom is 0.379 e. The average Bonchev–Trinajstić information content (AvgIpc) is 2.55. The van der Waals surface area contributed by atoms with Crippen LogP contribution >= 0.6 is 7.60 Å². The minimum atomic E-state index is -3.49. The van der Waals surface area contributed by atoms with Crippen molar-refractivity contribution in [2.24, 2.45) is 0 Å². The fourth-order valence-corrected chi connectivity index (χ4v) is 4.09. The van der Waals surface area contributed by atoms with Gasteiger partial charge in [-0.3, -0.25) is 9.88 Å². The van der Waals surface area contributed by atoms with E-state index in [4.69, 9.17) is 9.05 Å². The summed E-state index contributed by atoms with van der Waals surface area (Å²) in [5, 5.41) is 3.13. The molecule has 0 saturated heterocycles. The molecule has 0 saturated carbocycles. The second-order valence-corrected chi connectivity index (χ2v) is 6.86. The molecular formula is C16H21FN2O3P+. The van der Waals surface area contributed by atoms with Gasteiger partial charge in [0.2, 0.25) is 5.78 Å². The van der Waals surface area contributed by atoms with Crippen molar-refractivity contribution in [3.05, 3.63) is 60.0 Å². The number of H-pyrrole nitrogens is 1. The molecule has 0 aliphatic rings. The number of pyridine rings is 1. The number of hydrogen-bond donors (Lipinski definition) is 1. The lowest BCUT2D eigenvalue weighted by Crippen LogP contribution is -2.20. The van der Waals surface area contributed by atoms with Crippen molar-refractivity contribution in [2.45, 2.75) is 19.6 Å². The first-order chi connectivity index (χ1) is 11.1. The highest BCUT2D eigenvalue weighted by molar-refractivity contribution is 7.54. The number of rotatable bonds is 8. The predicted molar refractivity (Wildman–Crippen MR) is 86.6 cm³/mol. The summed E-state index contributed by atoms with van der Waals surface area (Å²) >= 11 is 0. The van der Waals surface area contributed by atoms with Gasteiger partial charge < -0.3 is 9.05 Å². The number of aromatic amines is 1. The van der Waals surface area contributed by atoms with Gasteiger partial charge in [0.05, 0.1) is 19.4 Å². The summed E-state index contributed by atoms with van der Waals surface area (Å²) in [5.41, 5.74) is 0.619. The Kier molecular flexibility index (Phi) is 6.28. The normalized spacial score (nSPS) is 12.8. The molecule has 1 aromatic heterocycles. The largest absolute Gasteiger partial charge is 0.379 e. The molecule has 0 spiro atoms. The molecule has 0 bridgehead atoms. The number of halogens is 1. The molecular weight excluding hydrogens is 318 g/mol. The van der Waals surface area contributed by atoms with Crippen LogP contribution in [0.2, 0.25) is 0 Å². The van der Waals surface area contributed by atoms with Crippen LogP contribution in [-0.2, 0) is 13.6 Å². The Bertz CT molecular complexity index is 642. The first-order valence-corrected chi connectivity index (χ1v) is 9.07. The standard InChI is InChI=1S/C16H20FN2O3P/c1-3-21-23(20,22-4-2)16(13-8-10-14(17)11-9-13)19-15-7-5-6-12-18-15/h5-12,16H,3-4H2,1-2H3,(H,18,19)/p+1/t16-/m0/s1. The molecule has 124 valence electrons. The minimum Gasteiger partial charge on any atom is -0.306 e. The second kappa shape index (κ2) is 8.20. The van der Waals surface area contributed by atoms with Gasteiger partial charge in [0.15, 0.2) is 0 Å². The molecule has 0 unspecified atom stereocenters. The van der Waals surface area contributed by atoms with E-state index in [1.165, 1.54) is 12.1 Å². The van der Waals surface area contributed by atoms with Crippen molar-refractivity contribution < 1.29 is 23.0 Å². The SMILES string of the molecule is CCOP(=O)(OCC)[C@H](Nc1cccc[nH+]1)c1ccc(F)cc1. The van der Waals surface area contributed by atoms with Crippen LogP contribution in [0.4, 0.5) is 10.2 Å². The zero-order valence-electron chi connectivity index (χ0n) is 13.2. The fourth-order valence-electron chi connectivity index (χ4n) is 2.17. The number of hydrogen-bond acceptors (Lipinski definition) is 4. The third-order valence-corrected chi connectivity index (χ3v) is 5.42. The molecule has 5 nitrogen and oxygen atoms in total. The van der Waals surface area contributed by atoms with Gasteiger partial charge in [0, 0.05) is 11.6 Å². The maximum atomic E-state index is 13.2. The van der Waals surface area contributed by atoms with Gasteiger partial charge in [-0.1, -0.05) is 18.2 Å². The molecule has 2 rings (SSSR count). The van der Waals surface area contributed by atoms with Gasteiger partial charge in [-0.15, -0.1) is 0 Å². The first kappa shape index (κ1) is 17.6. The zero-order valence-corrected chi connectivity index (χ0v) is 14.1.